The molecule has 5 nitrogen and oxygen atoms in total. The molecule has 0 spiro atoms. The van der Waals surface area contributed by atoms with E-state index in [2.05, 4.69) is 11.9 Å². The molecule has 1 N–H and O–H groups in total. The standard InChI is InChI=1S/C14H13N3O2/c1-2-13(18)16-12-7-8-17(14(12)19)11-5-3-10(9-15)4-6-11/h2-6,12H,1,7-8H2,(H,16,18)/t12-/m0/s1. The Hall–Kier alpha value is -2.61. The molecule has 5 heteroatoms. The molecule has 2 rings (SSSR count). The highest BCUT2D eigenvalue weighted by molar-refractivity contribution is 6.02. The van der Waals surface area contributed by atoms with Crippen molar-refractivity contribution in [2.45, 2.75) is 12.5 Å². The van der Waals surface area contributed by atoms with Crippen LogP contribution in [-0.2, 0) is 9.59 Å². The third kappa shape index (κ3) is 2.63. The van der Waals surface area contributed by atoms with E-state index in [1.54, 1.807) is 29.2 Å². The fraction of sp³-hybridized carbons (Fsp3) is 0.214. The van der Waals surface area contributed by atoms with E-state index >= 15 is 0 Å². The number of hydrogen-bond acceptors (Lipinski definition) is 3. The van der Waals surface area contributed by atoms with Crippen molar-refractivity contribution >= 4 is 17.5 Å². The van der Waals surface area contributed by atoms with Crippen LogP contribution in [-0.4, -0.2) is 24.4 Å². The summed E-state index contributed by atoms with van der Waals surface area (Å²) in [6.45, 7) is 3.90. The molecule has 0 aliphatic carbocycles. The molecule has 0 saturated carbocycles. The van der Waals surface area contributed by atoms with Crippen LogP contribution in [0.5, 0.6) is 0 Å². The van der Waals surface area contributed by atoms with Crippen molar-refractivity contribution < 1.29 is 9.59 Å². The summed E-state index contributed by atoms with van der Waals surface area (Å²) in [5, 5.41) is 11.3. The summed E-state index contributed by atoms with van der Waals surface area (Å²) in [4.78, 5) is 24.9. The quantitative estimate of drug-likeness (QED) is 0.818. The lowest BCUT2D eigenvalue weighted by Gasteiger charge is -2.17. The molecule has 1 heterocycles. The highest BCUT2D eigenvalue weighted by atomic mass is 16.2. The number of hydrogen-bond donors (Lipinski definition) is 1. The van der Waals surface area contributed by atoms with Crippen molar-refractivity contribution in [3.8, 4) is 6.07 Å². The van der Waals surface area contributed by atoms with Crippen molar-refractivity contribution in [1.82, 2.24) is 5.32 Å². The Bertz CT molecular complexity index is 557. The van der Waals surface area contributed by atoms with Crippen molar-refractivity contribution in [3.63, 3.8) is 0 Å². The maximum Gasteiger partial charge on any atom is 0.249 e. The lowest BCUT2D eigenvalue weighted by molar-refractivity contribution is -0.123. The van der Waals surface area contributed by atoms with Gasteiger partial charge in [0.1, 0.15) is 6.04 Å². The summed E-state index contributed by atoms with van der Waals surface area (Å²) in [6.07, 6.45) is 1.72. The first-order chi connectivity index (χ1) is 9.15. The molecule has 1 saturated heterocycles. The van der Waals surface area contributed by atoms with Gasteiger partial charge in [0.15, 0.2) is 0 Å². The molecule has 0 radical (unpaired) electrons. The minimum absolute atomic E-state index is 0.139. The summed E-state index contributed by atoms with van der Waals surface area (Å²) < 4.78 is 0. The van der Waals surface area contributed by atoms with E-state index in [1.807, 2.05) is 6.07 Å². The third-order valence-electron chi connectivity index (χ3n) is 3.02. The Kier molecular flexibility index (Phi) is 3.62. The van der Waals surface area contributed by atoms with E-state index in [4.69, 9.17) is 5.26 Å². The summed E-state index contributed by atoms with van der Waals surface area (Å²) in [5.41, 5.74) is 1.28. The van der Waals surface area contributed by atoms with Gasteiger partial charge in [-0.1, -0.05) is 6.58 Å². The molecule has 2 amide bonds. The van der Waals surface area contributed by atoms with Gasteiger partial charge >= 0.3 is 0 Å². The molecule has 0 bridgehead atoms. The van der Waals surface area contributed by atoms with Gasteiger partial charge in [-0.2, -0.15) is 5.26 Å². The Morgan fingerprint density at radius 3 is 2.74 bits per heavy atom. The predicted octanol–water partition coefficient (Wildman–Crippen LogP) is 0.966. The van der Waals surface area contributed by atoms with Crippen molar-refractivity contribution in [2.75, 3.05) is 11.4 Å². The predicted molar refractivity (Wildman–Crippen MR) is 70.3 cm³/mol. The van der Waals surface area contributed by atoms with E-state index in [0.717, 1.165) is 11.8 Å². The van der Waals surface area contributed by atoms with Crippen LogP contribution in [0.4, 0.5) is 5.69 Å². The molecule has 1 aromatic carbocycles. The van der Waals surface area contributed by atoms with E-state index in [9.17, 15) is 9.59 Å². The lowest BCUT2D eigenvalue weighted by Crippen LogP contribution is -2.40. The number of rotatable bonds is 3. The third-order valence-corrected chi connectivity index (χ3v) is 3.02. The number of benzene rings is 1. The second kappa shape index (κ2) is 5.36. The number of nitrogens with one attached hydrogen (secondary N) is 1. The van der Waals surface area contributed by atoms with E-state index < -0.39 is 6.04 Å². The molecule has 1 aliphatic heterocycles. The van der Waals surface area contributed by atoms with E-state index in [-0.39, 0.29) is 11.8 Å². The number of carbonyl (C=O) groups is 2. The average molecular weight is 255 g/mol. The van der Waals surface area contributed by atoms with Gasteiger partial charge in [-0.15, -0.1) is 0 Å². The summed E-state index contributed by atoms with van der Waals surface area (Å²) in [7, 11) is 0. The first kappa shape index (κ1) is 12.8. The monoisotopic (exact) mass is 255 g/mol. The van der Waals surface area contributed by atoms with Crippen molar-refractivity contribution in [2.24, 2.45) is 0 Å². The topological polar surface area (TPSA) is 73.2 Å². The SMILES string of the molecule is C=CC(=O)N[C@H]1CCN(c2ccc(C#N)cc2)C1=O. The summed E-state index contributed by atoms with van der Waals surface area (Å²) in [6, 6.07) is 8.32. The van der Waals surface area contributed by atoms with Gasteiger partial charge in [-0.05, 0) is 36.8 Å². The Labute approximate surface area is 111 Å². The van der Waals surface area contributed by atoms with Gasteiger partial charge in [0.25, 0.3) is 0 Å². The Morgan fingerprint density at radius 2 is 2.16 bits per heavy atom. The van der Waals surface area contributed by atoms with Gasteiger partial charge < -0.3 is 10.2 Å². The van der Waals surface area contributed by atoms with Gasteiger partial charge in [-0.25, -0.2) is 0 Å². The van der Waals surface area contributed by atoms with E-state index in [0.29, 0.717) is 18.5 Å². The van der Waals surface area contributed by atoms with Crippen LogP contribution >= 0.6 is 0 Å². The zero-order valence-electron chi connectivity index (χ0n) is 10.3. The van der Waals surface area contributed by atoms with Gasteiger partial charge in [-0.3, -0.25) is 9.59 Å². The molecular weight excluding hydrogens is 242 g/mol. The van der Waals surface area contributed by atoms with Crippen molar-refractivity contribution in [3.05, 3.63) is 42.5 Å². The fourth-order valence-electron chi connectivity index (χ4n) is 2.02. The second-order valence-corrected chi connectivity index (χ2v) is 4.20. The number of carbonyl (C=O) groups excluding carboxylic acids is 2. The van der Waals surface area contributed by atoms with Crippen LogP contribution < -0.4 is 10.2 Å². The molecule has 1 atom stereocenters. The van der Waals surface area contributed by atoms with Crippen LogP contribution in [0.3, 0.4) is 0 Å². The van der Waals surface area contributed by atoms with E-state index in [1.165, 1.54) is 0 Å². The summed E-state index contributed by atoms with van der Waals surface area (Å²) in [5.74, 6) is -0.486. The number of nitriles is 1. The highest BCUT2D eigenvalue weighted by Gasteiger charge is 2.33. The van der Waals surface area contributed by atoms with Crippen LogP contribution in [0.15, 0.2) is 36.9 Å². The average Bonchev–Trinajstić information content (AvgIpc) is 2.80. The second-order valence-electron chi connectivity index (χ2n) is 4.20. The van der Waals surface area contributed by atoms with Gasteiger partial charge in [0, 0.05) is 12.2 Å². The molecule has 0 unspecified atom stereocenters. The van der Waals surface area contributed by atoms with Crippen LogP contribution in [0.1, 0.15) is 12.0 Å². The Morgan fingerprint density at radius 1 is 1.47 bits per heavy atom. The number of nitrogens with zero attached hydrogens (tertiary/aromatic N) is 2. The first-order valence-corrected chi connectivity index (χ1v) is 5.90. The maximum atomic E-state index is 12.1. The van der Waals surface area contributed by atoms with Crippen LogP contribution in [0.2, 0.25) is 0 Å². The minimum Gasteiger partial charge on any atom is -0.341 e. The van der Waals surface area contributed by atoms with Gasteiger partial charge in [0.2, 0.25) is 11.8 Å². The fourth-order valence-corrected chi connectivity index (χ4v) is 2.02. The largest absolute Gasteiger partial charge is 0.341 e. The Balaban J connectivity index is 2.10. The van der Waals surface area contributed by atoms with Crippen molar-refractivity contribution in [1.29, 1.82) is 5.26 Å². The van der Waals surface area contributed by atoms with Gasteiger partial charge in [0.05, 0.1) is 11.6 Å². The minimum atomic E-state index is -0.499. The zero-order chi connectivity index (χ0) is 13.8. The highest BCUT2D eigenvalue weighted by Crippen LogP contribution is 2.21. The van der Waals surface area contributed by atoms with Crippen LogP contribution in [0.25, 0.3) is 0 Å². The molecule has 96 valence electrons. The maximum absolute atomic E-state index is 12.1. The smallest absolute Gasteiger partial charge is 0.249 e. The van der Waals surface area contributed by atoms with Crippen LogP contribution in [0, 0.1) is 11.3 Å². The normalized spacial score (nSPS) is 17.9. The number of anilines is 1. The molecule has 0 aromatic heterocycles. The zero-order valence-corrected chi connectivity index (χ0v) is 10.3. The molecule has 1 aromatic rings. The first-order valence-electron chi connectivity index (χ1n) is 5.90. The lowest BCUT2D eigenvalue weighted by atomic mass is 10.2. The summed E-state index contributed by atoms with van der Waals surface area (Å²) >= 11 is 0. The molecule has 1 fully saturated rings. The molecular formula is C14H13N3O2. The molecule has 1 aliphatic rings. The molecule has 19 heavy (non-hydrogen) atoms. The number of amides is 2.